The van der Waals surface area contributed by atoms with Crippen molar-refractivity contribution >= 4 is 21.4 Å². The fourth-order valence-corrected chi connectivity index (χ4v) is 3.15. The van der Waals surface area contributed by atoms with Gasteiger partial charge in [-0.3, -0.25) is 0 Å². The van der Waals surface area contributed by atoms with E-state index in [4.69, 9.17) is 0 Å². The predicted molar refractivity (Wildman–Crippen MR) is 77.9 cm³/mol. The number of sulfonamides is 1. The molecule has 0 aliphatic carbocycles. The number of pyridine rings is 1. The Morgan fingerprint density at radius 3 is 2.65 bits per heavy atom. The van der Waals surface area contributed by atoms with Crippen molar-refractivity contribution in [2.75, 3.05) is 7.05 Å². The average Bonchev–Trinajstić information content (AvgIpc) is 2.84. The molecule has 2 heterocycles. The molecule has 2 rings (SSSR count). The lowest BCUT2D eigenvalue weighted by molar-refractivity contribution is 0.576. The Morgan fingerprint density at radius 1 is 1.30 bits per heavy atom. The van der Waals surface area contributed by atoms with Crippen LogP contribution in [0.2, 0.25) is 0 Å². The molecule has 2 aromatic rings. The van der Waals surface area contributed by atoms with Gasteiger partial charge in [-0.1, -0.05) is 6.07 Å². The maximum Gasteiger partial charge on any atom is 0.258 e. The molecule has 0 bridgehead atoms. The lowest BCUT2D eigenvalue weighted by Gasteiger charge is -2.05. The summed E-state index contributed by atoms with van der Waals surface area (Å²) in [6.07, 6.45) is 1.55. The van der Waals surface area contributed by atoms with Gasteiger partial charge >= 0.3 is 0 Å². The second-order valence-electron chi connectivity index (χ2n) is 4.22. The van der Waals surface area contributed by atoms with Gasteiger partial charge in [0.25, 0.3) is 10.0 Å². The van der Waals surface area contributed by atoms with E-state index in [-0.39, 0.29) is 11.6 Å². The lowest BCUT2D eigenvalue weighted by Crippen LogP contribution is -2.24. The van der Waals surface area contributed by atoms with E-state index in [0.717, 1.165) is 10.6 Å². The van der Waals surface area contributed by atoms with Crippen molar-refractivity contribution in [3.05, 3.63) is 40.0 Å². The molecule has 0 saturated carbocycles. The van der Waals surface area contributed by atoms with Crippen molar-refractivity contribution in [2.24, 2.45) is 0 Å². The van der Waals surface area contributed by atoms with Gasteiger partial charge in [0.2, 0.25) is 0 Å². The molecule has 0 unspecified atom stereocenters. The van der Waals surface area contributed by atoms with Crippen molar-refractivity contribution in [2.45, 2.75) is 25.0 Å². The summed E-state index contributed by atoms with van der Waals surface area (Å²) in [7, 11) is -1.78. The zero-order valence-corrected chi connectivity index (χ0v) is 12.9. The highest BCUT2D eigenvalue weighted by Crippen LogP contribution is 2.10. The van der Waals surface area contributed by atoms with Crippen LogP contribution in [0.3, 0.4) is 0 Å². The predicted octanol–water partition coefficient (Wildman–Crippen LogP) is 1.04. The Morgan fingerprint density at radius 2 is 2.10 bits per heavy atom. The molecule has 0 spiro atoms. The Labute approximate surface area is 122 Å². The average molecular weight is 312 g/mol. The van der Waals surface area contributed by atoms with Gasteiger partial charge in [-0.05, 0) is 25.6 Å². The van der Waals surface area contributed by atoms with Crippen LogP contribution in [-0.2, 0) is 23.1 Å². The topological polar surface area (TPSA) is 84.0 Å². The SMILES string of the molecule is CNCc1ccc(S(=O)(=O)NCc2csc(C)n2)nc1. The molecule has 0 aromatic carbocycles. The van der Waals surface area contributed by atoms with Gasteiger partial charge in [0.1, 0.15) is 0 Å². The van der Waals surface area contributed by atoms with Gasteiger partial charge in [-0.15, -0.1) is 11.3 Å². The van der Waals surface area contributed by atoms with Crippen LogP contribution in [0.1, 0.15) is 16.3 Å². The number of thiazole rings is 1. The minimum Gasteiger partial charge on any atom is -0.316 e. The molecule has 0 aliphatic rings. The summed E-state index contributed by atoms with van der Waals surface area (Å²) >= 11 is 1.49. The largest absolute Gasteiger partial charge is 0.316 e. The standard InChI is InChI=1S/C12H16N4O2S2/c1-9-16-11(8-19-9)7-15-20(17,18)12-4-3-10(5-13-2)6-14-12/h3-4,6,8,13,15H,5,7H2,1-2H3. The molecule has 8 heteroatoms. The van der Waals surface area contributed by atoms with Crippen LogP contribution < -0.4 is 10.0 Å². The summed E-state index contributed by atoms with van der Waals surface area (Å²) in [4.78, 5) is 8.19. The fraction of sp³-hybridized carbons (Fsp3) is 0.333. The molecule has 108 valence electrons. The monoisotopic (exact) mass is 312 g/mol. The summed E-state index contributed by atoms with van der Waals surface area (Å²) in [6, 6.07) is 3.24. The Hall–Kier alpha value is -1.35. The number of hydrogen-bond acceptors (Lipinski definition) is 6. The number of nitrogens with zero attached hydrogens (tertiary/aromatic N) is 2. The molecule has 0 aliphatic heterocycles. The molecule has 0 saturated heterocycles. The number of aryl methyl sites for hydroxylation is 1. The molecule has 0 atom stereocenters. The number of rotatable bonds is 6. The van der Waals surface area contributed by atoms with Crippen molar-refractivity contribution in [3.63, 3.8) is 0 Å². The Bertz CT molecular complexity index is 665. The first kappa shape index (κ1) is 15.0. The molecular weight excluding hydrogens is 296 g/mol. The highest BCUT2D eigenvalue weighted by atomic mass is 32.2. The number of aromatic nitrogens is 2. The van der Waals surface area contributed by atoms with Gasteiger partial charge in [-0.2, -0.15) is 0 Å². The van der Waals surface area contributed by atoms with Crippen LogP contribution >= 0.6 is 11.3 Å². The summed E-state index contributed by atoms with van der Waals surface area (Å²) in [5.41, 5.74) is 1.64. The third-order valence-corrected chi connectivity index (χ3v) is 4.70. The molecule has 0 radical (unpaired) electrons. The fourth-order valence-electron chi connectivity index (χ4n) is 1.61. The number of nitrogens with one attached hydrogen (secondary N) is 2. The normalized spacial score (nSPS) is 11.7. The molecule has 6 nitrogen and oxygen atoms in total. The molecule has 20 heavy (non-hydrogen) atoms. The van der Waals surface area contributed by atoms with E-state index in [1.54, 1.807) is 12.3 Å². The zero-order chi connectivity index (χ0) is 14.6. The second-order valence-corrected chi connectivity index (χ2v) is 6.99. The minimum atomic E-state index is -3.60. The Kier molecular flexibility index (Phi) is 4.81. The van der Waals surface area contributed by atoms with Crippen LogP contribution in [-0.4, -0.2) is 25.4 Å². The highest BCUT2D eigenvalue weighted by Gasteiger charge is 2.15. The molecule has 2 N–H and O–H groups in total. The molecule has 2 aromatic heterocycles. The van der Waals surface area contributed by atoms with E-state index < -0.39 is 10.0 Å². The molecule has 0 fully saturated rings. The first-order chi connectivity index (χ1) is 9.51. The third-order valence-electron chi connectivity index (χ3n) is 2.56. The van der Waals surface area contributed by atoms with E-state index in [2.05, 4.69) is 20.0 Å². The lowest BCUT2D eigenvalue weighted by atomic mass is 10.3. The zero-order valence-electron chi connectivity index (χ0n) is 11.3. The van der Waals surface area contributed by atoms with Gasteiger partial charge in [0.15, 0.2) is 5.03 Å². The van der Waals surface area contributed by atoms with Gasteiger partial charge in [-0.25, -0.2) is 23.1 Å². The van der Waals surface area contributed by atoms with Crippen LogP contribution in [0, 0.1) is 6.92 Å². The minimum absolute atomic E-state index is 0.0179. The maximum atomic E-state index is 12.1. The van der Waals surface area contributed by atoms with Crippen molar-refractivity contribution in [1.29, 1.82) is 0 Å². The van der Waals surface area contributed by atoms with Crippen molar-refractivity contribution in [3.8, 4) is 0 Å². The first-order valence-corrected chi connectivity index (χ1v) is 8.38. The van der Waals surface area contributed by atoms with Crippen molar-refractivity contribution in [1.82, 2.24) is 20.0 Å². The third kappa shape index (κ3) is 3.83. The Balaban J connectivity index is 2.05. The van der Waals surface area contributed by atoms with E-state index in [1.807, 2.05) is 19.4 Å². The summed E-state index contributed by atoms with van der Waals surface area (Å²) < 4.78 is 26.6. The molecule has 0 amide bonds. The van der Waals surface area contributed by atoms with E-state index >= 15 is 0 Å². The first-order valence-electron chi connectivity index (χ1n) is 6.01. The van der Waals surface area contributed by atoms with Crippen molar-refractivity contribution < 1.29 is 8.42 Å². The summed E-state index contributed by atoms with van der Waals surface area (Å²) in [5, 5.41) is 5.74. The smallest absolute Gasteiger partial charge is 0.258 e. The van der Waals surface area contributed by atoms with E-state index in [1.165, 1.54) is 17.4 Å². The maximum absolute atomic E-state index is 12.1. The highest BCUT2D eigenvalue weighted by molar-refractivity contribution is 7.89. The van der Waals surface area contributed by atoms with E-state index in [0.29, 0.717) is 12.2 Å². The van der Waals surface area contributed by atoms with Crippen LogP contribution in [0.15, 0.2) is 28.7 Å². The van der Waals surface area contributed by atoms with Gasteiger partial charge in [0.05, 0.1) is 17.2 Å². The second kappa shape index (κ2) is 6.40. The quantitative estimate of drug-likeness (QED) is 0.833. The summed E-state index contributed by atoms with van der Waals surface area (Å²) in [6.45, 7) is 2.70. The van der Waals surface area contributed by atoms with E-state index in [9.17, 15) is 8.42 Å². The summed E-state index contributed by atoms with van der Waals surface area (Å²) in [5.74, 6) is 0. The van der Waals surface area contributed by atoms with Crippen LogP contribution in [0.5, 0.6) is 0 Å². The van der Waals surface area contributed by atoms with Gasteiger partial charge in [0, 0.05) is 18.1 Å². The van der Waals surface area contributed by atoms with Crippen LogP contribution in [0.25, 0.3) is 0 Å². The van der Waals surface area contributed by atoms with Gasteiger partial charge < -0.3 is 5.32 Å². The van der Waals surface area contributed by atoms with Crippen LogP contribution in [0.4, 0.5) is 0 Å². The molecular formula is C12H16N4O2S2. The number of hydrogen-bond donors (Lipinski definition) is 2.